The van der Waals surface area contributed by atoms with E-state index in [4.69, 9.17) is 10.5 Å². The van der Waals surface area contributed by atoms with Crippen LogP contribution in [-0.2, 0) is 22.4 Å². The van der Waals surface area contributed by atoms with E-state index >= 15 is 0 Å². The topological polar surface area (TPSA) is 61.5 Å². The van der Waals surface area contributed by atoms with Crippen molar-refractivity contribution in [3.63, 3.8) is 0 Å². The third kappa shape index (κ3) is 8.25. The second-order valence-corrected chi connectivity index (χ2v) is 7.85. The van der Waals surface area contributed by atoms with Gasteiger partial charge in [0.15, 0.2) is 0 Å². The van der Waals surface area contributed by atoms with E-state index in [1.807, 2.05) is 25.1 Å². The Kier molecular flexibility index (Phi) is 8.92. The number of benzene rings is 2. The number of halogens is 3. The third-order valence-electron chi connectivity index (χ3n) is 5.38. The van der Waals surface area contributed by atoms with Crippen molar-refractivity contribution in [2.75, 3.05) is 0 Å². The number of alkyl halides is 3. The Bertz CT molecular complexity index is 807. The number of nitrogens with two attached hydrogens (primary N) is 1. The Hall–Kier alpha value is -2.54. The molecule has 170 valence electrons. The van der Waals surface area contributed by atoms with E-state index in [2.05, 4.69) is 23.8 Å². The number of carbonyl (C=O) groups excluding carboxylic acids is 1. The van der Waals surface area contributed by atoms with Crippen molar-refractivity contribution in [1.29, 1.82) is 0 Å². The molecular weight excluding hydrogens is 407 g/mol. The zero-order chi connectivity index (χ0) is 23.0. The molecule has 2 N–H and O–H groups in total. The van der Waals surface area contributed by atoms with Crippen LogP contribution in [0.4, 0.5) is 13.2 Å². The zero-order valence-corrected chi connectivity index (χ0v) is 18.1. The fraction of sp³-hybridized carbons (Fsp3) is 0.458. The first kappa shape index (κ1) is 24.7. The van der Waals surface area contributed by atoms with E-state index in [-0.39, 0.29) is 17.6 Å². The molecule has 2 aromatic carbocycles. The molecule has 0 aliphatic rings. The van der Waals surface area contributed by atoms with Gasteiger partial charge in [0.2, 0.25) is 0 Å². The van der Waals surface area contributed by atoms with E-state index in [1.165, 1.54) is 17.7 Å². The predicted octanol–water partition coefficient (Wildman–Crippen LogP) is 5.29. The van der Waals surface area contributed by atoms with Crippen LogP contribution in [0.1, 0.15) is 38.3 Å². The van der Waals surface area contributed by atoms with Crippen LogP contribution < -0.4 is 10.5 Å². The molecule has 0 saturated carbocycles. The van der Waals surface area contributed by atoms with Crippen LogP contribution in [0.25, 0.3) is 0 Å². The molecule has 2 aromatic rings. The van der Waals surface area contributed by atoms with Crippen molar-refractivity contribution in [3.05, 3.63) is 65.7 Å². The summed E-state index contributed by atoms with van der Waals surface area (Å²) in [6.07, 6.45) is -2.93. The molecule has 0 unspecified atom stereocenters. The van der Waals surface area contributed by atoms with Gasteiger partial charge in [-0.05, 0) is 55.9 Å². The summed E-state index contributed by atoms with van der Waals surface area (Å²) in [5, 5.41) is 0. The molecule has 4 nitrogen and oxygen atoms in total. The minimum Gasteiger partial charge on any atom is -0.461 e. The van der Waals surface area contributed by atoms with Crippen LogP contribution in [0.15, 0.2) is 54.6 Å². The van der Waals surface area contributed by atoms with Gasteiger partial charge < -0.3 is 15.2 Å². The molecule has 0 amide bonds. The Morgan fingerprint density at radius 1 is 0.968 bits per heavy atom. The number of esters is 1. The second kappa shape index (κ2) is 11.2. The smallest absolute Gasteiger partial charge is 0.461 e. The minimum atomic E-state index is -4.73. The molecule has 0 aliphatic carbocycles. The maximum Gasteiger partial charge on any atom is 0.573 e. The molecule has 0 bridgehead atoms. The van der Waals surface area contributed by atoms with Gasteiger partial charge in [-0.3, -0.25) is 4.79 Å². The van der Waals surface area contributed by atoms with Crippen LogP contribution >= 0.6 is 0 Å². The summed E-state index contributed by atoms with van der Waals surface area (Å²) < 4.78 is 46.8. The van der Waals surface area contributed by atoms with Gasteiger partial charge in [-0.25, -0.2) is 0 Å². The quantitative estimate of drug-likeness (QED) is 0.513. The number of hydrogen-bond donors (Lipinski definition) is 1. The number of ether oxygens (including phenoxy) is 2. The average Bonchev–Trinajstić information content (AvgIpc) is 2.71. The Morgan fingerprint density at radius 3 is 2.06 bits per heavy atom. The van der Waals surface area contributed by atoms with Crippen molar-refractivity contribution >= 4 is 5.97 Å². The summed E-state index contributed by atoms with van der Waals surface area (Å²) in [7, 11) is 0. The highest BCUT2D eigenvalue weighted by atomic mass is 19.4. The van der Waals surface area contributed by atoms with Crippen LogP contribution in [-0.4, -0.2) is 24.5 Å². The van der Waals surface area contributed by atoms with E-state index in [0.29, 0.717) is 6.42 Å². The standard InChI is InChI=1S/C24H30F3NO3/c1-4-20(14-18-8-6-5-7-9-18)22(17(3)30-23(29)16(2)28)15-19-10-12-21(13-11-19)31-24(25,26)27/h5-13,16-17,20,22H,4,14-15,28H2,1-3H3/t16-,17-,20+,22-/m0/s1. The maximum atomic E-state index is 12.4. The summed E-state index contributed by atoms with van der Waals surface area (Å²) >= 11 is 0. The lowest BCUT2D eigenvalue weighted by molar-refractivity contribution is -0.274. The molecule has 0 aromatic heterocycles. The molecule has 2 rings (SSSR count). The van der Waals surface area contributed by atoms with Crippen molar-refractivity contribution in [1.82, 2.24) is 0 Å². The molecule has 0 radical (unpaired) electrons. The lowest BCUT2D eigenvalue weighted by Gasteiger charge is -2.32. The third-order valence-corrected chi connectivity index (χ3v) is 5.38. The highest BCUT2D eigenvalue weighted by Crippen LogP contribution is 2.30. The highest BCUT2D eigenvalue weighted by molar-refractivity contribution is 5.75. The zero-order valence-electron chi connectivity index (χ0n) is 18.1. The van der Waals surface area contributed by atoms with Crippen molar-refractivity contribution < 1.29 is 27.4 Å². The minimum absolute atomic E-state index is 0.0395. The van der Waals surface area contributed by atoms with Crippen LogP contribution in [0.2, 0.25) is 0 Å². The molecule has 0 fully saturated rings. The van der Waals surface area contributed by atoms with Gasteiger partial charge >= 0.3 is 12.3 Å². The number of rotatable bonds is 10. The molecule has 4 atom stereocenters. The van der Waals surface area contributed by atoms with Crippen molar-refractivity contribution in [2.24, 2.45) is 17.6 Å². The fourth-order valence-electron chi connectivity index (χ4n) is 3.71. The van der Waals surface area contributed by atoms with Crippen molar-refractivity contribution in [2.45, 2.75) is 58.5 Å². The van der Waals surface area contributed by atoms with Gasteiger partial charge in [-0.2, -0.15) is 0 Å². The molecule has 0 spiro atoms. The first-order chi connectivity index (χ1) is 14.6. The molecule has 7 heteroatoms. The first-order valence-electron chi connectivity index (χ1n) is 10.4. The van der Waals surface area contributed by atoms with Gasteiger partial charge in [0.1, 0.15) is 17.9 Å². The molecule has 0 heterocycles. The maximum absolute atomic E-state index is 12.4. The summed E-state index contributed by atoms with van der Waals surface area (Å²) in [6, 6.07) is 15.1. The van der Waals surface area contributed by atoms with Gasteiger partial charge in [0.05, 0.1) is 0 Å². The average molecular weight is 438 g/mol. The summed E-state index contributed by atoms with van der Waals surface area (Å²) in [6.45, 7) is 5.51. The van der Waals surface area contributed by atoms with E-state index < -0.39 is 24.5 Å². The largest absolute Gasteiger partial charge is 0.573 e. The summed E-state index contributed by atoms with van der Waals surface area (Å²) in [5.41, 5.74) is 7.68. The van der Waals surface area contributed by atoms with Crippen LogP contribution in [0, 0.1) is 11.8 Å². The summed E-state index contributed by atoms with van der Waals surface area (Å²) in [4.78, 5) is 12.1. The second-order valence-electron chi connectivity index (χ2n) is 7.85. The molecular formula is C24H30F3NO3. The van der Waals surface area contributed by atoms with Gasteiger partial charge in [-0.15, -0.1) is 13.2 Å². The lowest BCUT2D eigenvalue weighted by atomic mass is 9.78. The first-order valence-corrected chi connectivity index (χ1v) is 10.4. The van der Waals surface area contributed by atoms with Gasteiger partial charge in [-0.1, -0.05) is 55.8 Å². The van der Waals surface area contributed by atoms with Crippen LogP contribution in [0.5, 0.6) is 5.75 Å². The number of hydrogen-bond acceptors (Lipinski definition) is 4. The molecule has 0 saturated heterocycles. The predicted molar refractivity (Wildman–Crippen MR) is 113 cm³/mol. The molecule has 0 aliphatic heterocycles. The lowest BCUT2D eigenvalue weighted by Crippen LogP contribution is -2.37. The van der Waals surface area contributed by atoms with Gasteiger partial charge in [0, 0.05) is 5.92 Å². The normalized spacial score (nSPS) is 15.6. The summed E-state index contributed by atoms with van der Waals surface area (Å²) in [5.74, 6) is -0.576. The number of carbonyl (C=O) groups is 1. The van der Waals surface area contributed by atoms with Gasteiger partial charge in [0.25, 0.3) is 0 Å². The highest BCUT2D eigenvalue weighted by Gasteiger charge is 2.32. The monoisotopic (exact) mass is 437 g/mol. The van der Waals surface area contributed by atoms with Crippen molar-refractivity contribution in [3.8, 4) is 5.75 Å². The van der Waals surface area contributed by atoms with E-state index in [9.17, 15) is 18.0 Å². The Labute approximate surface area is 181 Å². The SMILES string of the molecule is CC[C@H](Cc1ccccc1)[C@@H](Cc1ccc(OC(F)(F)F)cc1)[C@H](C)OC(=O)[C@H](C)N. The molecule has 31 heavy (non-hydrogen) atoms. The Balaban J connectivity index is 2.22. The van der Waals surface area contributed by atoms with E-state index in [0.717, 1.165) is 18.4 Å². The Morgan fingerprint density at radius 2 is 1.55 bits per heavy atom. The van der Waals surface area contributed by atoms with Crippen LogP contribution in [0.3, 0.4) is 0 Å². The van der Waals surface area contributed by atoms with E-state index in [1.54, 1.807) is 19.1 Å². The fourth-order valence-corrected chi connectivity index (χ4v) is 3.71.